The summed E-state index contributed by atoms with van der Waals surface area (Å²) in [5, 5.41) is 3.29. The molecule has 2 aromatic carbocycles. The highest BCUT2D eigenvalue weighted by atomic mass is 32.2. The summed E-state index contributed by atoms with van der Waals surface area (Å²) in [6.07, 6.45) is 1.99. The maximum Gasteiger partial charge on any atom is 0.175 e. The van der Waals surface area contributed by atoms with Gasteiger partial charge in [-0.05, 0) is 29.2 Å². The minimum atomic E-state index is -3.05. The monoisotopic (exact) mass is 303 g/mol. The number of hydrogen-bond acceptors (Lipinski definition) is 3. The van der Waals surface area contributed by atoms with Gasteiger partial charge in [-0.25, -0.2) is 8.42 Å². The van der Waals surface area contributed by atoms with Crippen molar-refractivity contribution in [1.29, 1.82) is 0 Å². The number of benzene rings is 2. The Bertz CT molecular complexity index is 685. The van der Waals surface area contributed by atoms with Crippen LogP contribution >= 0.6 is 0 Å². The summed E-state index contributed by atoms with van der Waals surface area (Å²) in [6.45, 7) is 4.05. The van der Waals surface area contributed by atoms with Gasteiger partial charge in [-0.2, -0.15) is 0 Å². The van der Waals surface area contributed by atoms with Gasteiger partial charge in [-0.3, -0.25) is 0 Å². The van der Waals surface area contributed by atoms with E-state index < -0.39 is 9.84 Å². The Morgan fingerprint density at radius 1 is 0.952 bits per heavy atom. The Balaban J connectivity index is 0.000000159. The Kier molecular flexibility index (Phi) is 5.15. The molecule has 1 heterocycles. The lowest BCUT2D eigenvalue weighted by molar-refractivity contribution is 0.601. The van der Waals surface area contributed by atoms with E-state index in [0.717, 1.165) is 25.1 Å². The minimum Gasteiger partial charge on any atom is -0.309 e. The van der Waals surface area contributed by atoms with Crippen molar-refractivity contribution in [3.05, 3.63) is 65.2 Å². The highest BCUT2D eigenvalue weighted by Gasteiger charge is 2.10. The molecule has 1 N–H and O–H groups in total. The van der Waals surface area contributed by atoms with Gasteiger partial charge in [0.2, 0.25) is 0 Å². The molecule has 1 aliphatic heterocycles. The first-order valence-electron chi connectivity index (χ1n) is 7.08. The molecule has 3 rings (SSSR count). The normalized spacial score (nSPS) is 13.2. The van der Waals surface area contributed by atoms with E-state index in [1.54, 1.807) is 12.1 Å². The van der Waals surface area contributed by atoms with E-state index in [9.17, 15) is 8.42 Å². The van der Waals surface area contributed by atoms with Crippen LogP contribution in [-0.4, -0.2) is 14.7 Å². The van der Waals surface area contributed by atoms with Gasteiger partial charge in [-0.15, -0.1) is 0 Å². The molecule has 0 atom stereocenters. The standard InChI is InChI=1S/C9H12O2S.C8H9N/c1-3-8-6-4-5-7-9(8)12(2,10)11;1-2-4-8-6-9-5-7(8)3-1/h4-7H,3H2,1-2H3;1-4,9H,5-6H2. The third-order valence-electron chi connectivity index (χ3n) is 3.50. The molecule has 0 spiro atoms. The van der Waals surface area contributed by atoms with Gasteiger partial charge in [0.1, 0.15) is 0 Å². The molecule has 0 radical (unpaired) electrons. The average Bonchev–Trinajstić information content (AvgIpc) is 2.95. The molecule has 0 saturated heterocycles. The fourth-order valence-electron chi connectivity index (χ4n) is 2.39. The molecular weight excluding hydrogens is 282 g/mol. The molecule has 4 heteroatoms. The SMILES string of the molecule is CCc1ccccc1S(C)(=O)=O.c1ccc2c(c1)CNC2. The van der Waals surface area contributed by atoms with Crippen molar-refractivity contribution in [2.24, 2.45) is 0 Å². The summed E-state index contributed by atoms with van der Waals surface area (Å²) in [5.74, 6) is 0. The number of nitrogens with one attached hydrogen (secondary N) is 1. The van der Waals surface area contributed by atoms with E-state index in [-0.39, 0.29) is 0 Å². The summed E-state index contributed by atoms with van der Waals surface area (Å²) in [4.78, 5) is 0.451. The molecule has 3 nitrogen and oxygen atoms in total. The van der Waals surface area contributed by atoms with Crippen LogP contribution in [0.25, 0.3) is 0 Å². The summed E-state index contributed by atoms with van der Waals surface area (Å²) in [7, 11) is -3.05. The average molecular weight is 303 g/mol. The van der Waals surface area contributed by atoms with E-state index in [2.05, 4.69) is 29.6 Å². The maximum atomic E-state index is 11.2. The Morgan fingerprint density at radius 2 is 1.48 bits per heavy atom. The minimum absolute atomic E-state index is 0.451. The molecule has 0 bridgehead atoms. The largest absolute Gasteiger partial charge is 0.309 e. The highest BCUT2D eigenvalue weighted by molar-refractivity contribution is 7.90. The number of rotatable bonds is 2. The van der Waals surface area contributed by atoms with Gasteiger partial charge in [0.25, 0.3) is 0 Å². The van der Waals surface area contributed by atoms with Gasteiger partial charge >= 0.3 is 0 Å². The highest BCUT2D eigenvalue weighted by Crippen LogP contribution is 2.15. The summed E-state index contributed by atoms with van der Waals surface area (Å²) < 4.78 is 22.4. The van der Waals surface area contributed by atoms with Crippen LogP contribution in [0.1, 0.15) is 23.6 Å². The van der Waals surface area contributed by atoms with E-state index in [0.29, 0.717) is 4.90 Å². The van der Waals surface area contributed by atoms with Gasteiger partial charge in [-0.1, -0.05) is 49.4 Å². The zero-order valence-corrected chi connectivity index (χ0v) is 13.3. The number of sulfone groups is 1. The fraction of sp³-hybridized carbons (Fsp3) is 0.294. The lowest BCUT2D eigenvalue weighted by Gasteiger charge is -2.03. The Hall–Kier alpha value is -1.65. The van der Waals surface area contributed by atoms with Crippen LogP contribution in [0.3, 0.4) is 0 Å². The zero-order chi connectivity index (χ0) is 15.3. The molecular formula is C17H21NO2S. The van der Waals surface area contributed by atoms with E-state index in [4.69, 9.17) is 0 Å². The van der Waals surface area contributed by atoms with Crippen LogP contribution in [-0.2, 0) is 29.3 Å². The van der Waals surface area contributed by atoms with Crippen LogP contribution in [0, 0.1) is 0 Å². The van der Waals surface area contributed by atoms with Crippen LogP contribution in [0.5, 0.6) is 0 Å². The zero-order valence-electron chi connectivity index (χ0n) is 12.5. The van der Waals surface area contributed by atoms with Crippen molar-refractivity contribution in [2.45, 2.75) is 31.3 Å². The van der Waals surface area contributed by atoms with Gasteiger partial charge in [0.05, 0.1) is 4.90 Å². The van der Waals surface area contributed by atoms with Gasteiger partial charge < -0.3 is 5.32 Å². The van der Waals surface area contributed by atoms with E-state index in [1.165, 1.54) is 17.4 Å². The summed E-state index contributed by atoms with van der Waals surface area (Å²) in [6, 6.07) is 15.6. The lowest BCUT2D eigenvalue weighted by Crippen LogP contribution is -2.00. The molecule has 112 valence electrons. The molecule has 0 aliphatic carbocycles. The van der Waals surface area contributed by atoms with Crippen molar-refractivity contribution in [3.8, 4) is 0 Å². The number of hydrogen-bond donors (Lipinski definition) is 1. The van der Waals surface area contributed by atoms with Gasteiger partial charge in [0, 0.05) is 19.3 Å². The second-order valence-electron chi connectivity index (χ2n) is 5.11. The molecule has 0 aromatic heterocycles. The third-order valence-corrected chi connectivity index (χ3v) is 4.70. The second-order valence-corrected chi connectivity index (χ2v) is 7.09. The Labute approximate surface area is 126 Å². The molecule has 2 aromatic rings. The summed E-state index contributed by atoms with van der Waals surface area (Å²) >= 11 is 0. The Morgan fingerprint density at radius 3 is 1.95 bits per heavy atom. The number of fused-ring (bicyclic) bond motifs is 1. The molecule has 0 saturated carbocycles. The van der Waals surface area contributed by atoms with Crippen LogP contribution < -0.4 is 5.32 Å². The van der Waals surface area contributed by atoms with Crippen LogP contribution in [0.4, 0.5) is 0 Å². The first-order chi connectivity index (χ1) is 10.0. The second kappa shape index (κ2) is 6.87. The van der Waals surface area contributed by atoms with Gasteiger partial charge in [0.15, 0.2) is 9.84 Å². The predicted molar refractivity (Wildman–Crippen MR) is 85.9 cm³/mol. The quantitative estimate of drug-likeness (QED) is 0.928. The van der Waals surface area contributed by atoms with E-state index in [1.807, 2.05) is 19.1 Å². The first kappa shape index (κ1) is 15.7. The van der Waals surface area contributed by atoms with Crippen LogP contribution in [0.2, 0.25) is 0 Å². The topological polar surface area (TPSA) is 46.2 Å². The van der Waals surface area contributed by atoms with Crippen molar-refractivity contribution >= 4 is 9.84 Å². The van der Waals surface area contributed by atoms with Crippen molar-refractivity contribution in [3.63, 3.8) is 0 Å². The van der Waals surface area contributed by atoms with Crippen molar-refractivity contribution < 1.29 is 8.42 Å². The first-order valence-corrected chi connectivity index (χ1v) is 8.97. The maximum absolute atomic E-state index is 11.2. The summed E-state index contributed by atoms with van der Waals surface area (Å²) in [5.41, 5.74) is 3.80. The fourth-order valence-corrected chi connectivity index (χ4v) is 3.41. The van der Waals surface area contributed by atoms with Crippen molar-refractivity contribution in [1.82, 2.24) is 5.32 Å². The van der Waals surface area contributed by atoms with E-state index >= 15 is 0 Å². The molecule has 0 unspecified atom stereocenters. The predicted octanol–water partition coefficient (Wildman–Crippen LogP) is 2.94. The number of aryl methyl sites for hydroxylation is 1. The molecule has 0 fully saturated rings. The van der Waals surface area contributed by atoms with Crippen molar-refractivity contribution in [2.75, 3.05) is 6.26 Å². The van der Waals surface area contributed by atoms with Crippen LogP contribution in [0.15, 0.2) is 53.4 Å². The third kappa shape index (κ3) is 4.16. The lowest BCUT2D eigenvalue weighted by atomic mass is 10.1. The molecule has 1 aliphatic rings. The molecule has 0 amide bonds. The molecule has 21 heavy (non-hydrogen) atoms. The smallest absolute Gasteiger partial charge is 0.175 e.